The van der Waals surface area contributed by atoms with E-state index in [2.05, 4.69) is 15.3 Å². The van der Waals surface area contributed by atoms with Crippen LogP contribution in [0.4, 0.5) is 15.9 Å². The van der Waals surface area contributed by atoms with Crippen molar-refractivity contribution in [2.75, 3.05) is 5.32 Å². The summed E-state index contributed by atoms with van der Waals surface area (Å²) in [5, 5.41) is 16.2. The minimum atomic E-state index is -0.275. The van der Waals surface area contributed by atoms with Crippen LogP contribution in [0, 0.1) is 12.7 Å². The van der Waals surface area contributed by atoms with Crippen molar-refractivity contribution >= 4 is 33.1 Å². The molecule has 0 bridgehead atoms. The number of phenols is 1. The average molecular weight is 351 g/mol. The average Bonchev–Trinajstić information content (AvgIpc) is 3.03. The Labute approximate surface area is 147 Å². The standard InChI is InChI=1S/C19H14FN3OS/c1-11-2-7-15(16(24)8-11)23-18-17-14(9-25-19(17)22-10-21-18)12-3-5-13(20)6-4-12/h2-10,24H,1H3,(H,21,22,23). The SMILES string of the molecule is Cc1ccc(Nc2ncnc3scc(-c4ccc(F)cc4)c23)c(O)c1. The second-order valence-electron chi connectivity index (χ2n) is 5.70. The lowest BCUT2D eigenvalue weighted by atomic mass is 10.1. The van der Waals surface area contributed by atoms with Crippen molar-refractivity contribution < 1.29 is 9.50 Å². The van der Waals surface area contributed by atoms with Crippen LogP contribution < -0.4 is 5.32 Å². The Kier molecular flexibility index (Phi) is 3.82. The minimum absolute atomic E-state index is 0.158. The summed E-state index contributed by atoms with van der Waals surface area (Å²) in [6, 6.07) is 11.7. The molecule has 4 rings (SSSR count). The van der Waals surface area contributed by atoms with Crippen molar-refractivity contribution in [3.05, 3.63) is 65.6 Å². The number of aromatic nitrogens is 2. The van der Waals surface area contributed by atoms with Crippen molar-refractivity contribution in [3.63, 3.8) is 0 Å². The summed E-state index contributed by atoms with van der Waals surface area (Å²) in [7, 11) is 0. The molecule has 0 fully saturated rings. The van der Waals surface area contributed by atoms with Crippen molar-refractivity contribution in [1.82, 2.24) is 9.97 Å². The summed E-state index contributed by atoms with van der Waals surface area (Å²) in [5.74, 6) is 0.484. The van der Waals surface area contributed by atoms with E-state index in [4.69, 9.17) is 0 Å². The minimum Gasteiger partial charge on any atom is -0.506 e. The zero-order chi connectivity index (χ0) is 17.4. The van der Waals surface area contributed by atoms with Gasteiger partial charge in [-0.15, -0.1) is 11.3 Å². The highest BCUT2D eigenvalue weighted by Gasteiger charge is 2.14. The molecule has 0 radical (unpaired) electrons. The van der Waals surface area contributed by atoms with Gasteiger partial charge in [-0.1, -0.05) is 18.2 Å². The summed E-state index contributed by atoms with van der Waals surface area (Å²) in [5.41, 5.74) is 3.36. The molecular formula is C19H14FN3OS. The van der Waals surface area contributed by atoms with Gasteiger partial charge in [-0.25, -0.2) is 14.4 Å². The maximum Gasteiger partial charge on any atom is 0.143 e. The Morgan fingerprint density at radius 1 is 1.08 bits per heavy atom. The quantitative estimate of drug-likeness (QED) is 0.495. The third kappa shape index (κ3) is 2.92. The molecule has 2 aromatic carbocycles. The summed E-state index contributed by atoms with van der Waals surface area (Å²) < 4.78 is 13.2. The molecule has 2 heterocycles. The first kappa shape index (κ1) is 15.5. The number of phenolic OH excluding ortho intramolecular Hbond substituents is 1. The Morgan fingerprint density at radius 2 is 1.88 bits per heavy atom. The second-order valence-corrected chi connectivity index (χ2v) is 6.56. The van der Waals surface area contributed by atoms with E-state index in [1.165, 1.54) is 29.8 Å². The molecule has 0 aliphatic heterocycles. The smallest absolute Gasteiger partial charge is 0.143 e. The molecule has 6 heteroatoms. The molecule has 4 nitrogen and oxygen atoms in total. The predicted molar refractivity (Wildman–Crippen MR) is 98.9 cm³/mol. The van der Waals surface area contributed by atoms with Crippen LogP contribution in [-0.4, -0.2) is 15.1 Å². The van der Waals surface area contributed by atoms with Crippen LogP contribution in [0.1, 0.15) is 5.56 Å². The van der Waals surface area contributed by atoms with E-state index >= 15 is 0 Å². The lowest BCUT2D eigenvalue weighted by Gasteiger charge is -2.10. The number of nitrogens with one attached hydrogen (secondary N) is 1. The molecule has 0 saturated carbocycles. The van der Waals surface area contributed by atoms with Crippen molar-refractivity contribution in [3.8, 4) is 16.9 Å². The maximum absolute atomic E-state index is 13.2. The zero-order valence-corrected chi connectivity index (χ0v) is 14.1. The van der Waals surface area contributed by atoms with E-state index in [9.17, 15) is 9.50 Å². The molecule has 0 spiro atoms. The van der Waals surface area contributed by atoms with Gasteiger partial charge < -0.3 is 10.4 Å². The Hall–Kier alpha value is -2.99. The van der Waals surface area contributed by atoms with Crippen LogP contribution in [0.25, 0.3) is 21.3 Å². The second kappa shape index (κ2) is 6.14. The third-order valence-corrected chi connectivity index (χ3v) is 4.82. The van der Waals surface area contributed by atoms with Crippen LogP contribution in [0.3, 0.4) is 0 Å². The first-order chi connectivity index (χ1) is 12.1. The van der Waals surface area contributed by atoms with E-state index in [-0.39, 0.29) is 11.6 Å². The lowest BCUT2D eigenvalue weighted by Crippen LogP contribution is -1.96. The number of aryl methyl sites for hydroxylation is 1. The van der Waals surface area contributed by atoms with E-state index in [1.807, 2.05) is 24.4 Å². The highest BCUT2D eigenvalue weighted by Crippen LogP contribution is 2.38. The van der Waals surface area contributed by atoms with Gasteiger partial charge in [0.25, 0.3) is 0 Å². The zero-order valence-electron chi connectivity index (χ0n) is 13.3. The maximum atomic E-state index is 13.2. The molecule has 4 aromatic rings. The van der Waals surface area contributed by atoms with Gasteiger partial charge in [0, 0.05) is 10.9 Å². The van der Waals surface area contributed by atoms with Crippen molar-refractivity contribution in [1.29, 1.82) is 0 Å². The fourth-order valence-corrected chi connectivity index (χ4v) is 3.60. The van der Waals surface area contributed by atoms with Crippen LogP contribution in [-0.2, 0) is 0 Å². The van der Waals surface area contributed by atoms with Crippen LogP contribution in [0.5, 0.6) is 5.75 Å². The van der Waals surface area contributed by atoms with E-state index in [0.29, 0.717) is 11.5 Å². The number of nitrogens with zero attached hydrogens (tertiary/aromatic N) is 2. The predicted octanol–water partition coefficient (Wildman–Crippen LogP) is 5.26. The topological polar surface area (TPSA) is 58.0 Å². The molecule has 0 aliphatic rings. The number of anilines is 2. The van der Waals surface area contributed by atoms with Gasteiger partial charge in [0.15, 0.2) is 0 Å². The molecule has 124 valence electrons. The largest absolute Gasteiger partial charge is 0.506 e. The highest BCUT2D eigenvalue weighted by molar-refractivity contribution is 7.17. The third-order valence-electron chi connectivity index (χ3n) is 3.93. The number of thiophene rings is 1. The number of rotatable bonds is 3. The molecule has 0 saturated heterocycles. The Balaban J connectivity index is 1.84. The molecule has 0 atom stereocenters. The van der Waals surface area contributed by atoms with Gasteiger partial charge in [0.05, 0.1) is 11.1 Å². The number of fused-ring (bicyclic) bond motifs is 1. The van der Waals surface area contributed by atoms with Gasteiger partial charge in [0.1, 0.15) is 28.5 Å². The summed E-state index contributed by atoms with van der Waals surface area (Å²) in [4.78, 5) is 9.48. The number of benzene rings is 2. The van der Waals surface area contributed by atoms with Crippen molar-refractivity contribution in [2.24, 2.45) is 0 Å². The first-order valence-electron chi connectivity index (χ1n) is 7.66. The van der Waals surface area contributed by atoms with E-state index in [0.717, 1.165) is 26.9 Å². The Morgan fingerprint density at radius 3 is 2.64 bits per heavy atom. The molecule has 0 aliphatic carbocycles. The van der Waals surface area contributed by atoms with E-state index in [1.54, 1.807) is 18.2 Å². The number of hydrogen-bond donors (Lipinski definition) is 2. The fraction of sp³-hybridized carbons (Fsp3) is 0.0526. The molecule has 25 heavy (non-hydrogen) atoms. The van der Waals surface area contributed by atoms with Crippen LogP contribution in [0.15, 0.2) is 54.2 Å². The van der Waals surface area contributed by atoms with E-state index < -0.39 is 0 Å². The van der Waals surface area contributed by atoms with Gasteiger partial charge in [-0.05, 0) is 42.3 Å². The summed E-state index contributed by atoms with van der Waals surface area (Å²) in [6.45, 7) is 1.91. The number of hydrogen-bond acceptors (Lipinski definition) is 5. The normalized spacial score (nSPS) is 11.0. The van der Waals surface area contributed by atoms with Gasteiger partial charge in [-0.3, -0.25) is 0 Å². The molecule has 2 N–H and O–H groups in total. The highest BCUT2D eigenvalue weighted by atomic mass is 32.1. The number of aromatic hydroxyl groups is 1. The number of halogens is 1. The van der Waals surface area contributed by atoms with Gasteiger partial charge in [-0.2, -0.15) is 0 Å². The fourth-order valence-electron chi connectivity index (χ4n) is 2.69. The monoisotopic (exact) mass is 351 g/mol. The van der Waals surface area contributed by atoms with Crippen molar-refractivity contribution in [2.45, 2.75) is 6.92 Å². The van der Waals surface area contributed by atoms with Crippen LogP contribution >= 0.6 is 11.3 Å². The lowest BCUT2D eigenvalue weighted by molar-refractivity contribution is 0.477. The first-order valence-corrected chi connectivity index (χ1v) is 8.54. The molecule has 0 amide bonds. The summed E-state index contributed by atoms with van der Waals surface area (Å²) in [6.07, 6.45) is 1.49. The molecule has 2 aromatic heterocycles. The Bertz CT molecular complexity index is 1060. The van der Waals surface area contributed by atoms with Crippen LogP contribution in [0.2, 0.25) is 0 Å². The van der Waals surface area contributed by atoms with Gasteiger partial charge in [0.2, 0.25) is 0 Å². The molecule has 0 unspecified atom stereocenters. The van der Waals surface area contributed by atoms with Gasteiger partial charge >= 0.3 is 0 Å². The molecular weight excluding hydrogens is 337 g/mol. The summed E-state index contributed by atoms with van der Waals surface area (Å²) >= 11 is 1.50.